The average Bonchev–Trinajstić information content (AvgIpc) is 2.99. The Kier molecular flexibility index (Phi) is 8.92. The molecule has 7 nitrogen and oxygen atoms in total. The summed E-state index contributed by atoms with van der Waals surface area (Å²) < 4.78 is 47.5. The molecular formula is C36H34O7S. The molecule has 0 bridgehead atoms. The molecule has 0 aliphatic heterocycles. The average molecular weight is 611 g/mol. The smallest absolute Gasteiger partial charge is 0.344 e. The number of ether oxygens (including phenoxy) is 4. The summed E-state index contributed by atoms with van der Waals surface area (Å²) in [6.07, 6.45) is 1.19. The zero-order valence-electron chi connectivity index (χ0n) is 25.1. The molecule has 44 heavy (non-hydrogen) atoms. The Morgan fingerprint density at radius 1 is 0.727 bits per heavy atom. The van der Waals surface area contributed by atoms with E-state index in [2.05, 4.69) is 0 Å². The molecule has 0 N–H and O–H groups in total. The van der Waals surface area contributed by atoms with Crippen molar-refractivity contribution in [2.45, 2.75) is 37.9 Å². The van der Waals surface area contributed by atoms with Gasteiger partial charge >= 0.3 is 5.97 Å². The minimum Gasteiger partial charge on any atom is -0.489 e. The van der Waals surface area contributed by atoms with E-state index < -0.39 is 21.4 Å². The third kappa shape index (κ3) is 7.96. The zero-order valence-corrected chi connectivity index (χ0v) is 25.9. The van der Waals surface area contributed by atoms with E-state index in [1.165, 1.54) is 6.26 Å². The fourth-order valence-electron chi connectivity index (χ4n) is 4.56. The van der Waals surface area contributed by atoms with Crippen molar-refractivity contribution in [3.05, 3.63) is 115 Å². The minimum atomic E-state index is -3.33. The Labute approximate surface area is 257 Å². The van der Waals surface area contributed by atoms with Crippen LogP contribution < -0.4 is 14.2 Å². The van der Waals surface area contributed by atoms with Crippen molar-refractivity contribution in [2.75, 3.05) is 12.9 Å². The van der Waals surface area contributed by atoms with Crippen LogP contribution in [0.25, 0.3) is 21.9 Å². The normalized spacial score (nSPS) is 11.6. The standard InChI is InChI=1S/C36H34O7S/c1-36(2,3)43-34(37)24-41-28-13-15-29(16-14-28)42-35-32(26-10-18-31(19-11-26)44(4,38)39)20-12-27-22-30(17-21-33(27)35)40-23-25-8-6-5-7-9-25/h5-22H,23-24H2,1-4H3. The van der Waals surface area contributed by atoms with Gasteiger partial charge in [-0.1, -0.05) is 48.5 Å². The topological polar surface area (TPSA) is 88.1 Å². The molecule has 0 unspecified atom stereocenters. The predicted octanol–water partition coefficient (Wildman–Crippen LogP) is 8.00. The molecule has 0 saturated heterocycles. The van der Waals surface area contributed by atoms with Crippen molar-refractivity contribution < 1.29 is 32.2 Å². The molecule has 226 valence electrons. The van der Waals surface area contributed by atoms with Crippen molar-refractivity contribution >= 4 is 26.6 Å². The van der Waals surface area contributed by atoms with Gasteiger partial charge < -0.3 is 18.9 Å². The second-order valence-corrected chi connectivity index (χ2v) is 13.4. The van der Waals surface area contributed by atoms with E-state index in [1.54, 1.807) is 69.3 Å². The number of hydrogen-bond acceptors (Lipinski definition) is 7. The SMILES string of the molecule is CC(C)(C)OC(=O)COc1ccc(Oc2c(-c3ccc(S(C)(=O)=O)cc3)ccc3cc(OCc4ccccc4)ccc23)cc1. The Balaban J connectivity index is 1.44. The Bertz CT molecular complexity index is 1860. The number of benzene rings is 5. The van der Waals surface area contributed by atoms with E-state index in [4.69, 9.17) is 18.9 Å². The Hall–Kier alpha value is -4.82. The molecule has 0 amide bonds. The van der Waals surface area contributed by atoms with Gasteiger partial charge in [0.25, 0.3) is 0 Å². The van der Waals surface area contributed by atoms with Gasteiger partial charge in [-0.15, -0.1) is 0 Å². The Morgan fingerprint density at radius 2 is 1.39 bits per heavy atom. The predicted molar refractivity (Wildman–Crippen MR) is 171 cm³/mol. The highest BCUT2D eigenvalue weighted by Gasteiger charge is 2.17. The van der Waals surface area contributed by atoms with Gasteiger partial charge in [0.15, 0.2) is 16.4 Å². The van der Waals surface area contributed by atoms with E-state index in [1.807, 2.05) is 60.7 Å². The molecule has 5 rings (SSSR count). The van der Waals surface area contributed by atoms with Crippen LogP contribution in [0, 0.1) is 0 Å². The van der Waals surface area contributed by atoms with E-state index in [0.29, 0.717) is 23.9 Å². The highest BCUT2D eigenvalue weighted by molar-refractivity contribution is 7.90. The maximum Gasteiger partial charge on any atom is 0.344 e. The van der Waals surface area contributed by atoms with Gasteiger partial charge in [-0.25, -0.2) is 13.2 Å². The van der Waals surface area contributed by atoms with Crippen LogP contribution in [0.3, 0.4) is 0 Å². The maximum atomic E-state index is 12.0. The van der Waals surface area contributed by atoms with Crippen molar-refractivity contribution in [1.29, 1.82) is 0 Å². The highest BCUT2D eigenvalue weighted by Crippen LogP contribution is 2.41. The highest BCUT2D eigenvalue weighted by atomic mass is 32.2. The molecule has 0 heterocycles. The monoisotopic (exact) mass is 610 g/mol. The fourth-order valence-corrected chi connectivity index (χ4v) is 5.19. The van der Waals surface area contributed by atoms with Gasteiger partial charge in [0.2, 0.25) is 0 Å². The first-order valence-electron chi connectivity index (χ1n) is 14.1. The second-order valence-electron chi connectivity index (χ2n) is 11.3. The van der Waals surface area contributed by atoms with Crippen LogP contribution in [-0.4, -0.2) is 32.9 Å². The number of sulfone groups is 1. The van der Waals surface area contributed by atoms with Gasteiger partial charge in [0.1, 0.15) is 35.2 Å². The molecule has 0 atom stereocenters. The maximum absolute atomic E-state index is 12.0. The molecule has 8 heteroatoms. The number of fused-ring (bicyclic) bond motifs is 1. The van der Waals surface area contributed by atoms with Crippen molar-refractivity contribution in [3.8, 4) is 34.1 Å². The Morgan fingerprint density at radius 3 is 2.05 bits per heavy atom. The molecule has 0 aliphatic carbocycles. The molecule has 5 aromatic rings. The van der Waals surface area contributed by atoms with Gasteiger partial charge in [-0.3, -0.25) is 0 Å². The first-order valence-corrected chi connectivity index (χ1v) is 16.0. The number of rotatable bonds is 10. The van der Waals surface area contributed by atoms with Gasteiger partial charge in [-0.2, -0.15) is 0 Å². The van der Waals surface area contributed by atoms with E-state index >= 15 is 0 Å². The number of hydrogen-bond donors (Lipinski definition) is 0. The number of carbonyl (C=O) groups is 1. The van der Waals surface area contributed by atoms with Crippen molar-refractivity contribution in [2.24, 2.45) is 0 Å². The summed E-state index contributed by atoms with van der Waals surface area (Å²) in [6.45, 7) is 5.65. The molecule has 0 aromatic heterocycles. The number of carbonyl (C=O) groups excluding carboxylic acids is 1. The summed E-state index contributed by atoms with van der Waals surface area (Å²) in [5, 5.41) is 1.77. The van der Waals surface area contributed by atoms with Crippen molar-refractivity contribution in [1.82, 2.24) is 0 Å². The number of esters is 1. The van der Waals surface area contributed by atoms with E-state index in [-0.39, 0.29) is 11.5 Å². The first kappa shape index (κ1) is 30.6. The van der Waals surface area contributed by atoms with Crippen LogP contribution in [0.2, 0.25) is 0 Å². The van der Waals surface area contributed by atoms with Crippen LogP contribution in [0.1, 0.15) is 26.3 Å². The van der Waals surface area contributed by atoms with Gasteiger partial charge in [-0.05, 0) is 97.9 Å². The summed E-state index contributed by atoms with van der Waals surface area (Å²) in [6, 6.07) is 33.4. The summed E-state index contributed by atoms with van der Waals surface area (Å²) in [5.41, 5.74) is 2.08. The van der Waals surface area contributed by atoms with E-state index in [0.717, 1.165) is 33.2 Å². The summed E-state index contributed by atoms with van der Waals surface area (Å²) >= 11 is 0. The molecule has 0 aliphatic rings. The lowest BCUT2D eigenvalue weighted by Crippen LogP contribution is -2.27. The lowest BCUT2D eigenvalue weighted by atomic mass is 9.99. The van der Waals surface area contributed by atoms with Crippen LogP contribution in [-0.2, 0) is 26.0 Å². The van der Waals surface area contributed by atoms with Crippen LogP contribution in [0.5, 0.6) is 23.0 Å². The van der Waals surface area contributed by atoms with Gasteiger partial charge in [0, 0.05) is 17.2 Å². The van der Waals surface area contributed by atoms with Crippen LogP contribution in [0.4, 0.5) is 0 Å². The van der Waals surface area contributed by atoms with Crippen LogP contribution >= 0.6 is 0 Å². The third-order valence-electron chi connectivity index (χ3n) is 6.60. The lowest BCUT2D eigenvalue weighted by Gasteiger charge is -2.19. The van der Waals surface area contributed by atoms with Crippen LogP contribution in [0.15, 0.2) is 114 Å². The minimum absolute atomic E-state index is 0.205. The summed E-state index contributed by atoms with van der Waals surface area (Å²) in [4.78, 5) is 12.3. The molecule has 5 aromatic carbocycles. The molecule has 0 saturated carbocycles. The largest absolute Gasteiger partial charge is 0.489 e. The summed E-state index contributed by atoms with van der Waals surface area (Å²) in [5.74, 6) is 1.93. The fraction of sp³-hybridized carbons (Fsp3) is 0.194. The zero-order chi connectivity index (χ0) is 31.3. The van der Waals surface area contributed by atoms with Crippen molar-refractivity contribution in [3.63, 3.8) is 0 Å². The molecule has 0 spiro atoms. The van der Waals surface area contributed by atoms with E-state index in [9.17, 15) is 13.2 Å². The van der Waals surface area contributed by atoms with Gasteiger partial charge in [0.05, 0.1) is 4.90 Å². The first-order chi connectivity index (χ1) is 20.9. The third-order valence-corrected chi connectivity index (χ3v) is 7.73. The lowest BCUT2D eigenvalue weighted by molar-refractivity contribution is -0.157. The summed E-state index contributed by atoms with van der Waals surface area (Å²) in [7, 11) is -3.33. The quantitative estimate of drug-likeness (QED) is 0.148. The second kappa shape index (κ2) is 12.8. The molecule has 0 radical (unpaired) electrons. The molecular weight excluding hydrogens is 576 g/mol. The molecule has 0 fully saturated rings.